The quantitative estimate of drug-likeness (QED) is 0.149. The Morgan fingerprint density at radius 3 is 2.35 bits per heavy atom. The summed E-state index contributed by atoms with van der Waals surface area (Å²) in [4.78, 5) is 33.5. The number of rotatable bonds is 12. The van der Waals surface area contributed by atoms with Crippen LogP contribution in [0.3, 0.4) is 0 Å². The molecule has 2 aliphatic rings. The number of nitrogens with zero attached hydrogens (tertiary/aromatic N) is 6. The molecule has 3 aromatic heterocycles. The average Bonchev–Trinajstić information content (AvgIpc) is 3.66. The van der Waals surface area contributed by atoms with Crippen molar-refractivity contribution in [2.24, 2.45) is 13.0 Å². The summed E-state index contributed by atoms with van der Waals surface area (Å²) in [5, 5.41) is 10.5. The first-order valence-corrected chi connectivity index (χ1v) is 22.2. The lowest BCUT2D eigenvalue weighted by Gasteiger charge is -2.24. The number of anilines is 1. The van der Waals surface area contributed by atoms with Crippen LogP contribution in [0.15, 0.2) is 53.3 Å². The molecule has 6 aromatic rings. The summed E-state index contributed by atoms with van der Waals surface area (Å²) < 4.78 is 142. The summed E-state index contributed by atoms with van der Waals surface area (Å²) in [6.45, 7) is -1.03. The molecule has 14 nitrogen and oxygen atoms in total. The lowest BCUT2D eigenvalue weighted by molar-refractivity contribution is -0.123. The highest BCUT2D eigenvalue weighted by Crippen LogP contribution is 2.68. The zero-order chi connectivity index (χ0) is 43.4. The molecule has 0 radical (unpaired) electrons. The molecule has 0 aliphatic heterocycles. The number of carbonyl (C=O) groups is 1. The van der Waals surface area contributed by atoms with Crippen molar-refractivity contribution >= 4 is 65.0 Å². The van der Waals surface area contributed by atoms with Crippen LogP contribution in [0.25, 0.3) is 27.5 Å². The average molecular weight is 897 g/mol. The number of hydrogen-bond acceptors (Lipinski definition) is 9. The van der Waals surface area contributed by atoms with Crippen LogP contribution in [-0.4, -0.2) is 64.4 Å². The number of hydrogen-bond donors (Lipinski definition) is 2. The van der Waals surface area contributed by atoms with Gasteiger partial charge < -0.3 is 5.32 Å². The molecule has 23 heteroatoms. The molecule has 8 rings (SSSR count). The normalized spacial score (nSPS) is 17.6. The molecule has 1 fully saturated rings. The Morgan fingerprint density at radius 2 is 1.70 bits per heavy atom. The minimum absolute atomic E-state index is 0.00814. The summed E-state index contributed by atoms with van der Waals surface area (Å²) >= 11 is 6.57. The standard InChI is InChI=1S/C37H31ClF6N8O6S2/c1-50-31-26(7-6-23(38)29(31)34(48-50)49-60(3,57)58)52-35(46-24-10-16(15-59(2,55)56)4-5-20(24)36(52)54)25(11-17-8-18(39)12-19(40)9-17)45-27(53)14-51-32-28(30(47-51)33(41)42)21-13-22(21)37(32,43)44/h4-10,12,21-22,25,33H,11,13-15H2,1-3H3,(H,45,53)(H,48,49)/t21-,22+,25-/m0/s1. The zero-order valence-electron chi connectivity index (χ0n) is 31.4. The molecule has 0 spiro atoms. The Balaban J connectivity index is 1.34. The van der Waals surface area contributed by atoms with E-state index in [4.69, 9.17) is 16.6 Å². The Kier molecular flexibility index (Phi) is 9.85. The highest BCUT2D eigenvalue weighted by molar-refractivity contribution is 7.92. The first-order chi connectivity index (χ1) is 28.0. The number of carbonyl (C=O) groups excluding carboxylic acids is 1. The molecule has 0 unspecified atom stereocenters. The van der Waals surface area contributed by atoms with E-state index in [0.717, 1.165) is 29.2 Å². The fraction of sp³-hybridized carbons (Fsp3) is 0.324. The number of fused-ring (bicyclic) bond motifs is 5. The molecule has 3 heterocycles. The molecule has 316 valence electrons. The van der Waals surface area contributed by atoms with E-state index < -0.39 is 103 Å². The second-order valence-electron chi connectivity index (χ2n) is 14.9. The fourth-order valence-electron chi connectivity index (χ4n) is 8.02. The van der Waals surface area contributed by atoms with E-state index in [1.54, 1.807) is 0 Å². The van der Waals surface area contributed by atoms with E-state index in [2.05, 4.69) is 20.2 Å². The van der Waals surface area contributed by atoms with Gasteiger partial charge in [-0.15, -0.1) is 0 Å². The van der Waals surface area contributed by atoms with Crippen LogP contribution in [0.1, 0.15) is 58.7 Å². The van der Waals surface area contributed by atoms with Crippen molar-refractivity contribution < 1.29 is 48.0 Å². The highest BCUT2D eigenvalue weighted by atomic mass is 35.5. The molecule has 2 aliphatic carbocycles. The van der Waals surface area contributed by atoms with Crippen molar-refractivity contribution in [2.45, 2.75) is 49.4 Å². The Labute approximate surface area is 341 Å². The van der Waals surface area contributed by atoms with Crippen LogP contribution in [0, 0.1) is 17.6 Å². The van der Waals surface area contributed by atoms with Gasteiger partial charge in [-0.2, -0.15) is 19.0 Å². The molecule has 60 heavy (non-hydrogen) atoms. The monoisotopic (exact) mass is 896 g/mol. The Bertz CT molecular complexity index is 3080. The van der Waals surface area contributed by atoms with E-state index >= 15 is 8.78 Å². The van der Waals surface area contributed by atoms with Gasteiger partial charge in [0.05, 0.1) is 50.6 Å². The van der Waals surface area contributed by atoms with Crippen LogP contribution >= 0.6 is 11.6 Å². The van der Waals surface area contributed by atoms with Gasteiger partial charge in [0.15, 0.2) is 15.7 Å². The number of nitrogens with one attached hydrogen (secondary N) is 2. The maximum absolute atomic E-state index is 15.5. The minimum atomic E-state index is -3.93. The summed E-state index contributed by atoms with van der Waals surface area (Å²) in [5.41, 5.74) is -2.80. The van der Waals surface area contributed by atoms with Crippen molar-refractivity contribution in [1.82, 2.24) is 34.4 Å². The van der Waals surface area contributed by atoms with Gasteiger partial charge in [0.25, 0.3) is 17.9 Å². The van der Waals surface area contributed by atoms with Gasteiger partial charge in [-0.1, -0.05) is 17.7 Å². The van der Waals surface area contributed by atoms with E-state index in [0.29, 0.717) is 10.7 Å². The second kappa shape index (κ2) is 14.3. The molecule has 0 saturated heterocycles. The summed E-state index contributed by atoms with van der Waals surface area (Å²) in [7, 11) is -6.13. The number of sulfonamides is 1. The molecule has 1 amide bonds. The topological polar surface area (TPSA) is 180 Å². The van der Waals surface area contributed by atoms with Crippen molar-refractivity contribution in [3.05, 3.63) is 109 Å². The van der Waals surface area contributed by atoms with Crippen LogP contribution in [0.2, 0.25) is 5.02 Å². The molecule has 2 N–H and O–H groups in total. The van der Waals surface area contributed by atoms with Crippen LogP contribution < -0.4 is 15.6 Å². The molecular formula is C37H31ClF6N8O6S2. The third-order valence-corrected chi connectivity index (χ3v) is 12.0. The SMILES string of the molecule is Cn1nc(NS(C)(=O)=O)c2c(Cl)ccc(-n3c([C@H](Cc4cc(F)cc(F)c4)NC(=O)Cn4nc(C(F)F)c5c4C(F)(F)[C@@H]4C[C@H]54)nc4cc(CS(C)(=O)=O)ccc4c3=O)c21. The summed E-state index contributed by atoms with van der Waals surface area (Å²) in [6, 6.07) is 7.56. The number of benzene rings is 3. The van der Waals surface area contributed by atoms with Crippen LogP contribution in [0.4, 0.5) is 32.2 Å². The van der Waals surface area contributed by atoms with Gasteiger partial charge in [0.2, 0.25) is 15.9 Å². The van der Waals surface area contributed by atoms with Crippen molar-refractivity contribution in [3.63, 3.8) is 0 Å². The number of aromatic nitrogens is 6. The van der Waals surface area contributed by atoms with Gasteiger partial charge >= 0.3 is 0 Å². The van der Waals surface area contributed by atoms with Gasteiger partial charge in [0.1, 0.15) is 35.4 Å². The first kappa shape index (κ1) is 41.3. The molecular weight excluding hydrogens is 866 g/mol. The lowest BCUT2D eigenvalue weighted by atomic mass is 10.0. The summed E-state index contributed by atoms with van der Waals surface area (Å²) in [5.74, 6) is -9.83. The maximum atomic E-state index is 15.5. The number of aryl methyl sites for hydroxylation is 1. The largest absolute Gasteiger partial charge is 0.344 e. The van der Waals surface area contributed by atoms with E-state index in [1.165, 1.54) is 42.1 Å². The second-order valence-corrected chi connectivity index (χ2v) is 19.2. The van der Waals surface area contributed by atoms with Gasteiger partial charge in [0, 0.05) is 37.3 Å². The van der Waals surface area contributed by atoms with E-state index in [-0.39, 0.29) is 67.3 Å². The molecule has 1 saturated carbocycles. The van der Waals surface area contributed by atoms with E-state index in [1.807, 2.05) is 0 Å². The highest BCUT2D eigenvalue weighted by Gasteiger charge is 2.67. The zero-order valence-corrected chi connectivity index (χ0v) is 33.7. The minimum Gasteiger partial charge on any atom is -0.344 e. The number of halogens is 7. The first-order valence-electron chi connectivity index (χ1n) is 17.9. The number of sulfone groups is 1. The van der Waals surface area contributed by atoms with Gasteiger partial charge in [-0.05, 0) is 59.9 Å². The van der Waals surface area contributed by atoms with Crippen LogP contribution in [0.5, 0.6) is 0 Å². The molecule has 3 aromatic carbocycles. The van der Waals surface area contributed by atoms with Crippen LogP contribution in [-0.2, 0) is 56.3 Å². The van der Waals surface area contributed by atoms with Gasteiger partial charge in [-0.25, -0.2) is 39.4 Å². The lowest BCUT2D eigenvalue weighted by Crippen LogP contribution is -2.38. The van der Waals surface area contributed by atoms with Crippen molar-refractivity contribution in [2.75, 3.05) is 17.2 Å². The smallest absolute Gasteiger partial charge is 0.293 e. The predicted molar refractivity (Wildman–Crippen MR) is 207 cm³/mol. The Morgan fingerprint density at radius 1 is 1.00 bits per heavy atom. The van der Waals surface area contributed by atoms with Crippen molar-refractivity contribution in [3.8, 4) is 5.69 Å². The van der Waals surface area contributed by atoms with E-state index in [9.17, 15) is 44.0 Å². The van der Waals surface area contributed by atoms with Gasteiger partial charge in [-0.3, -0.25) is 28.2 Å². The maximum Gasteiger partial charge on any atom is 0.293 e. The molecule has 0 bridgehead atoms. The predicted octanol–water partition coefficient (Wildman–Crippen LogP) is 5.56. The number of alkyl halides is 4. The van der Waals surface area contributed by atoms with Crippen molar-refractivity contribution in [1.29, 1.82) is 0 Å². The third-order valence-electron chi connectivity index (χ3n) is 10.3. The third kappa shape index (κ3) is 7.48. The Hall–Kier alpha value is -5.48. The fourth-order valence-corrected chi connectivity index (χ4v) is 9.54. The summed E-state index contributed by atoms with van der Waals surface area (Å²) in [6.07, 6.45) is -1.92. The number of amides is 1. The molecule has 3 atom stereocenters.